The van der Waals surface area contributed by atoms with Crippen LogP contribution in [0.4, 0.5) is 0 Å². The van der Waals surface area contributed by atoms with Gasteiger partial charge in [0.15, 0.2) is 0 Å². The Balaban J connectivity index is 2.28. The molecule has 2 rings (SSSR count). The van der Waals surface area contributed by atoms with Gasteiger partial charge in [0.1, 0.15) is 6.29 Å². The van der Waals surface area contributed by atoms with Crippen LogP contribution in [0.25, 0.3) is 0 Å². The van der Waals surface area contributed by atoms with Crippen molar-refractivity contribution in [2.24, 2.45) is 5.92 Å². The quantitative estimate of drug-likeness (QED) is 0.576. The molecule has 0 heterocycles. The number of carbonyl (C=O) groups is 1. The summed E-state index contributed by atoms with van der Waals surface area (Å²) in [5, 5.41) is 0.717. The molecule has 0 saturated heterocycles. The van der Waals surface area contributed by atoms with Crippen LogP contribution in [0.3, 0.4) is 0 Å². The molecular formula is C15H15ClO. The first-order chi connectivity index (χ1) is 8.20. The Labute approximate surface area is 107 Å². The molecule has 1 nitrogen and oxygen atoms in total. The molecule has 0 atom stereocenters. The number of hydrogen-bond acceptors (Lipinski definition) is 1. The van der Waals surface area contributed by atoms with Gasteiger partial charge < -0.3 is 4.79 Å². The second-order valence-corrected chi connectivity index (χ2v) is 5.15. The fourth-order valence-electron chi connectivity index (χ4n) is 2.57. The van der Waals surface area contributed by atoms with Gasteiger partial charge in [0.25, 0.3) is 0 Å². The van der Waals surface area contributed by atoms with Crippen LogP contribution >= 0.6 is 11.6 Å². The zero-order chi connectivity index (χ0) is 12.3. The Morgan fingerprint density at radius 3 is 2.65 bits per heavy atom. The molecule has 2 heteroatoms. The van der Waals surface area contributed by atoms with E-state index in [0.717, 1.165) is 42.6 Å². The van der Waals surface area contributed by atoms with Gasteiger partial charge in [0.2, 0.25) is 0 Å². The fraction of sp³-hybridized carbons (Fsp3) is 0.400. The molecule has 1 aromatic rings. The van der Waals surface area contributed by atoms with Crippen LogP contribution in [0.5, 0.6) is 0 Å². The zero-order valence-corrected chi connectivity index (χ0v) is 10.4. The van der Waals surface area contributed by atoms with Crippen molar-refractivity contribution >= 4 is 17.9 Å². The number of aldehydes is 1. The Bertz CT molecular complexity index is 450. The lowest BCUT2D eigenvalue weighted by molar-refractivity contribution is -0.112. The van der Waals surface area contributed by atoms with Gasteiger partial charge in [-0.1, -0.05) is 29.7 Å². The van der Waals surface area contributed by atoms with Gasteiger partial charge in [-0.15, -0.1) is 6.42 Å². The number of carbonyl (C=O) groups excluding carboxylic acids is 1. The molecule has 0 unspecified atom stereocenters. The highest BCUT2D eigenvalue weighted by atomic mass is 35.5. The molecule has 1 aliphatic carbocycles. The van der Waals surface area contributed by atoms with Crippen molar-refractivity contribution in [2.75, 3.05) is 0 Å². The van der Waals surface area contributed by atoms with Crippen molar-refractivity contribution < 1.29 is 4.79 Å². The fourth-order valence-corrected chi connectivity index (χ4v) is 2.76. The van der Waals surface area contributed by atoms with E-state index in [0.29, 0.717) is 0 Å². The minimum Gasteiger partial charge on any atom is -0.303 e. The molecule has 1 saturated carbocycles. The zero-order valence-electron chi connectivity index (χ0n) is 9.66. The average Bonchev–Trinajstić information content (AvgIpc) is 2.39. The maximum atomic E-state index is 10.8. The molecule has 0 spiro atoms. The topological polar surface area (TPSA) is 17.1 Å². The number of benzene rings is 1. The molecule has 17 heavy (non-hydrogen) atoms. The highest BCUT2D eigenvalue weighted by Gasteiger charge is 2.35. The summed E-state index contributed by atoms with van der Waals surface area (Å²) in [4.78, 5) is 10.8. The summed E-state index contributed by atoms with van der Waals surface area (Å²) in [5.74, 6) is 3.11. The lowest BCUT2D eigenvalue weighted by Gasteiger charge is -2.35. The third kappa shape index (κ3) is 2.37. The molecule has 0 aromatic heterocycles. The normalized spacial score (nSPS) is 28.4. The summed E-state index contributed by atoms with van der Waals surface area (Å²) in [6.45, 7) is 0. The maximum absolute atomic E-state index is 10.8. The Morgan fingerprint density at radius 2 is 2.12 bits per heavy atom. The predicted molar refractivity (Wildman–Crippen MR) is 70.0 cm³/mol. The van der Waals surface area contributed by atoms with E-state index >= 15 is 0 Å². The first kappa shape index (κ1) is 12.2. The minimum atomic E-state index is -0.232. The van der Waals surface area contributed by atoms with Gasteiger partial charge >= 0.3 is 0 Å². The van der Waals surface area contributed by atoms with Crippen LogP contribution in [0, 0.1) is 18.3 Å². The van der Waals surface area contributed by atoms with Crippen molar-refractivity contribution in [1.29, 1.82) is 0 Å². The lowest BCUT2D eigenvalue weighted by Crippen LogP contribution is -2.30. The van der Waals surface area contributed by atoms with Crippen LogP contribution in [-0.2, 0) is 10.2 Å². The van der Waals surface area contributed by atoms with Crippen molar-refractivity contribution in [3.05, 3.63) is 34.9 Å². The summed E-state index contributed by atoms with van der Waals surface area (Å²) in [5.41, 5.74) is 0.876. The van der Waals surface area contributed by atoms with Crippen LogP contribution in [0.2, 0.25) is 5.02 Å². The van der Waals surface area contributed by atoms with Crippen LogP contribution < -0.4 is 0 Å². The molecule has 1 aromatic carbocycles. The van der Waals surface area contributed by atoms with E-state index in [-0.39, 0.29) is 11.3 Å². The molecule has 1 fully saturated rings. The highest BCUT2D eigenvalue weighted by molar-refractivity contribution is 6.30. The molecule has 0 radical (unpaired) electrons. The number of hydrogen-bond donors (Lipinski definition) is 0. The average molecular weight is 247 g/mol. The second kappa shape index (κ2) is 4.94. The third-order valence-corrected chi connectivity index (χ3v) is 3.96. The van der Waals surface area contributed by atoms with Crippen molar-refractivity contribution in [1.82, 2.24) is 0 Å². The molecular weight excluding hydrogens is 232 g/mol. The molecule has 0 amide bonds. The van der Waals surface area contributed by atoms with Gasteiger partial charge in [-0.25, -0.2) is 0 Å². The smallest absolute Gasteiger partial charge is 0.123 e. The van der Waals surface area contributed by atoms with Crippen molar-refractivity contribution in [3.63, 3.8) is 0 Å². The van der Waals surface area contributed by atoms with Gasteiger partial charge in [-0.2, -0.15) is 0 Å². The maximum Gasteiger partial charge on any atom is 0.123 e. The molecule has 0 bridgehead atoms. The Kier molecular flexibility index (Phi) is 3.54. The van der Waals surface area contributed by atoms with E-state index < -0.39 is 0 Å². The van der Waals surface area contributed by atoms with Crippen molar-refractivity contribution in [2.45, 2.75) is 31.1 Å². The van der Waals surface area contributed by atoms with E-state index in [4.69, 9.17) is 18.0 Å². The predicted octanol–water partition coefficient (Wildman–Crippen LogP) is 3.60. The van der Waals surface area contributed by atoms with E-state index in [9.17, 15) is 4.79 Å². The van der Waals surface area contributed by atoms with E-state index in [1.807, 2.05) is 24.3 Å². The van der Waals surface area contributed by atoms with Crippen LogP contribution in [-0.4, -0.2) is 6.29 Å². The molecule has 0 aliphatic heterocycles. The monoisotopic (exact) mass is 246 g/mol. The van der Waals surface area contributed by atoms with Gasteiger partial charge in [-0.3, -0.25) is 0 Å². The summed E-state index contributed by atoms with van der Waals surface area (Å²) in [7, 11) is 0. The summed E-state index contributed by atoms with van der Waals surface area (Å²) < 4.78 is 0. The Morgan fingerprint density at radius 1 is 1.41 bits per heavy atom. The van der Waals surface area contributed by atoms with Crippen molar-refractivity contribution in [3.8, 4) is 12.3 Å². The lowest BCUT2D eigenvalue weighted by atomic mass is 9.67. The first-order valence-electron chi connectivity index (χ1n) is 5.89. The summed E-state index contributed by atoms with van der Waals surface area (Å²) in [6, 6.07) is 7.77. The van der Waals surface area contributed by atoms with Crippen LogP contribution in [0.15, 0.2) is 24.3 Å². The van der Waals surface area contributed by atoms with E-state index in [2.05, 4.69) is 5.92 Å². The second-order valence-electron chi connectivity index (χ2n) is 4.71. The highest BCUT2D eigenvalue weighted by Crippen LogP contribution is 2.41. The third-order valence-electron chi connectivity index (χ3n) is 3.73. The number of terminal acetylenes is 1. The van der Waals surface area contributed by atoms with E-state index in [1.165, 1.54) is 0 Å². The number of rotatable bonds is 2. The molecule has 0 N–H and O–H groups in total. The SMILES string of the molecule is C#CC1(c2cccc(Cl)c2)CCC(C=O)CC1. The van der Waals surface area contributed by atoms with Gasteiger partial charge in [-0.05, 0) is 43.4 Å². The summed E-state index contributed by atoms with van der Waals surface area (Å²) in [6.07, 6.45) is 10.3. The molecule has 88 valence electrons. The van der Waals surface area contributed by atoms with E-state index in [1.54, 1.807) is 0 Å². The van der Waals surface area contributed by atoms with Gasteiger partial charge in [0.05, 0.1) is 5.41 Å². The molecule has 1 aliphatic rings. The number of halogens is 1. The van der Waals surface area contributed by atoms with Gasteiger partial charge in [0, 0.05) is 10.9 Å². The largest absolute Gasteiger partial charge is 0.303 e. The first-order valence-corrected chi connectivity index (χ1v) is 6.27. The minimum absolute atomic E-state index is 0.177. The standard InChI is InChI=1S/C15H15ClO/c1-2-15(8-6-12(11-17)7-9-15)13-4-3-5-14(16)10-13/h1,3-5,10-12H,6-9H2. The van der Waals surface area contributed by atoms with Crippen LogP contribution in [0.1, 0.15) is 31.2 Å². The Hall–Kier alpha value is -1.26. The summed E-state index contributed by atoms with van der Waals surface area (Å²) >= 11 is 6.01.